The average Bonchev–Trinajstić information content (AvgIpc) is 2.75. The number of rotatable bonds is 8. The first-order valence-corrected chi connectivity index (χ1v) is 9.88. The van der Waals surface area contributed by atoms with Crippen molar-refractivity contribution in [2.24, 2.45) is 0 Å². The molecule has 2 N–H and O–H groups in total. The van der Waals surface area contributed by atoms with Gasteiger partial charge in [0.1, 0.15) is 6.61 Å². The molecule has 6 nitrogen and oxygen atoms in total. The topological polar surface area (TPSA) is 62.8 Å². The second kappa shape index (κ2) is 9.99. The molecule has 1 aliphatic rings. The zero-order valence-electron chi connectivity index (χ0n) is 16.6. The van der Waals surface area contributed by atoms with Crippen LogP contribution in [0.15, 0.2) is 48.5 Å². The van der Waals surface area contributed by atoms with Crippen LogP contribution in [0, 0.1) is 0 Å². The molecule has 1 unspecified atom stereocenters. The van der Waals surface area contributed by atoms with Crippen LogP contribution < -0.4 is 20.1 Å². The van der Waals surface area contributed by atoms with Gasteiger partial charge in [0.2, 0.25) is 0 Å². The van der Waals surface area contributed by atoms with E-state index in [4.69, 9.17) is 9.47 Å². The quantitative estimate of drug-likeness (QED) is 0.735. The molecule has 6 heteroatoms. The summed E-state index contributed by atoms with van der Waals surface area (Å²) in [5, 5.41) is 5.73. The highest BCUT2D eigenvalue weighted by Crippen LogP contribution is 2.30. The largest absolute Gasteiger partial charge is 0.486 e. The maximum Gasteiger partial charge on any atom is 0.315 e. The molecular formula is C22H29N3O3. The van der Waals surface area contributed by atoms with E-state index in [-0.39, 0.29) is 12.1 Å². The SMILES string of the molecule is CCN(CC)Cc1ccc(CNC(=O)NCC2COc3ccccc3O2)cc1. The highest BCUT2D eigenvalue weighted by Gasteiger charge is 2.20. The number of ether oxygens (including phenoxy) is 2. The predicted molar refractivity (Wildman–Crippen MR) is 110 cm³/mol. The Bertz CT molecular complexity index is 760. The minimum absolute atomic E-state index is 0.194. The fourth-order valence-electron chi connectivity index (χ4n) is 3.08. The maximum absolute atomic E-state index is 12.1. The maximum atomic E-state index is 12.1. The lowest BCUT2D eigenvalue weighted by molar-refractivity contribution is 0.0918. The summed E-state index contributed by atoms with van der Waals surface area (Å²) in [4.78, 5) is 14.4. The van der Waals surface area contributed by atoms with Crippen LogP contribution in [-0.2, 0) is 13.1 Å². The normalized spacial score (nSPS) is 15.3. The number of hydrogen-bond donors (Lipinski definition) is 2. The third-order valence-corrected chi connectivity index (χ3v) is 4.83. The molecule has 0 aromatic heterocycles. The van der Waals surface area contributed by atoms with Crippen molar-refractivity contribution < 1.29 is 14.3 Å². The number of nitrogens with zero attached hydrogens (tertiary/aromatic N) is 1. The number of fused-ring (bicyclic) bond motifs is 1. The van der Waals surface area contributed by atoms with Crippen molar-refractivity contribution in [1.82, 2.24) is 15.5 Å². The molecule has 0 saturated heterocycles. The molecule has 2 aromatic rings. The van der Waals surface area contributed by atoms with Gasteiger partial charge in [-0.3, -0.25) is 4.90 Å². The van der Waals surface area contributed by atoms with Gasteiger partial charge in [0, 0.05) is 13.1 Å². The lowest BCUT2D eigenvalue weighted by Crippen LogP contribution is -2.44. The molecule has 28 heavy (non-hydrogen) atoms. The predicted octanol–water partition coefficient (Wildman–Crippen LogP) is 3.17. The van der Waals surface area contributed by atoms with E-state index >= 15 is 0 Å². The summed E-state index contributed by atoms with van der Waals surface area (Å²) < 4.78 is 11.5. The molecule has 150 valence electrons. The summed E-state index contributed by atoms with van der Waals surface area (Å²) >= 11 is 0. The van der Waals surface area contributed by atoms with Crippen LogP contribution in [0.3, 0.4) is 0 Å². The Balaban J connectivity index is 1.39. The molecule has 1 heterocycles. The number of nitrogens with one attached hydrogen (secondary N) is 2. The van der Waals surface area contributed by atoms with Gasteiger partial charge in [-0.1, -0.05) is 50.2 Å². The summed E-state index contributed by atoms with van der Waals surface area (Å²) in [6, 6.07) is 15.7. The standard InChI is InChI=1S/C22H29N3O3/c1-3-25(4-2)15-18-11-9-17(10-12-18)13-23-22(26)24-14-19-16-27-20-7-5-6-8-21(20)28-19/h5-12,19H,3-4,13-16H2,1-2H3,(H2,23,24,26). The van der Waals surface area contributed by atoms with Crippen molar-refractivity contribution in [3.63, 3.8) is 0 Å². The fraction of sp³-hybridized carbons (Fsp3) is 0.409. The number of carbonyl (C=O) groups excluding carboxylic acids is 1. The third kappa shape index (κ3) is 5.63. The van der Waals surface area contributed by atoms with Crippen LogP contribution >= 0.6 is 0 Å². The number of urea groups is 1. The van der Waals surface area contributed by atoms with Gasteiger partial charge in [-0.05, 0) is 36.3 Å². The van der Waals surface area contributed by atoms with Gasteiger partial charge in [0.05, 0.1) is 6.54 Å². The van der Waals surface area contributed by atoms with Crippen molar-refractivity contribution in [3.05, 3.63) is 59.7 Å². The van der Waals surface area contributed by atoms with Crippen molar-refractivity contribution >= 4 is 6.03 Å². The average molecular weight is 383 g/mol. The van der Waals surface area contributed by atoms with E-state index in [0.29, 0.717) is 25.4 Å². The molecular weight excluding hydrogens is 354 g/mol. The van der Waals surface area contributed by atoms with E-state index in [0.717, 1.165) is 30.9 Å². The fourth-order valence-corrected chi connectivity index (χ4v) is 3.08. The van der Waals surface area contributed by atoms with Crippen molar-refractivity contribution in [1.29, 1.82) is 0 Å². The zero-order valence-corrected chi connectivity index (χ0v) is 16.6. The molecule has 0 radical (unpaired) electrons. The Morgan fingerprint density at radius 1 is 1.00 bits per heavy atom. The zero-order chi connectivity index (χ0) is 19.8. The van der Waals surface area contributed by atoms with Crippen LogP contribution in [-0.4, -0.2) is 43.3 Å². The Labute approximate surface area is 166 Å². The molecule has 1 aliphatic heterocycles. The first-order valence-electron chi connectivity index (χ1n) is 9.88. The third-order valence-electron chi connectivity index (χ3n) is 4.83. The Hall–Kier alpha value is -2.73. The van der Waals surface area contributed by atoms with E-state index in [1.165, 1.54) is 5.56 Å². The molecule has 1 atom stereocenters. The molecule has 2 aromatic carbocycles. The second-order valence-corrected chi connectivity index (χ2v) is 6.84. The van der Waals surface area contributed by atoms with E-state index in [2.05, 4.69) is 53.6 Å². The molecule has 3 rings (SSSR count). The summed E-state index contributed by atoms with van der Waals surface area (Å²) in [7, 11) is 0. The molecule has 0 aliphatic carbocycles. The first-order chi connectivity index (χ1) is 13.7. The number of carbonyl (C=O) groups is 1. The Kier molecular flexibility index (Phi) is 7.14. The second-order valence-electron chi connectivity index (χ2n) is 6.84. The Morgan fingerprint density at radius 3 is 2.39 bits per heavy atom. The van der Waals surface area contributed by atoms with Gasteiger partial charge in [-0.2, -0.15) is 0 Å². The molecule has 0 spiro atoms. The van der Waals surface area contributed by atoms with E-state index in [1.54, 1.807) is 0 Å². The molecule has 0 fully saturated rings. The summed E-state index contributed by atoms with van der Waals surface area (Å²) in [6.07, 6.45) is -0.194. The highest BCUT2D eigenvalue weighted by molar-refractivity contribution is 5.73. The van der Waals surface area contributed by atoms with Crippen molar-refractivity contribution in [2.75, 3.05) is 26.2 Å². The minimum atomic E-state index is -0.213. The monoisotopic (exact) mass is 383 g/mol. The lowest BCUT2D eigenvalue weighted by Gasteiger charge is -2.26. The minimum Gasteiger partial charge on any atom is -0.486 e. The van der Waals surface area contributed by atoms with Crippen LogP contribution in [0.25, 0.3) is 0 Å². The first kappa shape index (κ1) is 20.0. The Morgan fingerprint density at radius 2 is 1.68 bits per heavy atom. The van der Waals surface area contributed by atoms with Gasteiger partial charge in [0.25, 0.3) is 0 Å². The molecule has 0 saturated carbocycles. The number of para-hydroxylation sites is 2. The summed E-state index contributed by atoms with van der Waals surface area (Å²) in [5.41, 5.74) is 2.36. The van der Waals surface area contributed by atoms with Gasteiger partial charge in [-0.25, -0.2) is 4.79 Å². The van der Waals surface area contributed by atoms with E-state index in [1.807, 2.05) is 24.3 Å². The number of benzene rings is 2. The molecule has 0 bridgehead atoms. The summed E-state index contributed by atoms with van der Waals surface area (Å²) in [6.45, 7) is 8.68. The summed E-state index contributed by atoms with van der Waals surface area (Å²) in [5.74, 6) is 1.46. The van der Waals surface area contributed by atoms with Crippen molar-refractivity contribution in [3.8, 4) is 11.5 Å². The van der Waals surface area contributed by atoms with E-state index in [9.17, 15) is 4.79 Å². The van der Waals surface area contributed by atoms with Gasteiger partial charge < -0.3 is 20.1 Å². The van der Waals surface area contributed by atoms with E-state index < -0.39 is 0 Å². The van der Waals surface area contributed by atoms with Gasteiger partial charge >= 0.3 is 6.03 Å². The number of amides is 2. The lowest BCUT2D eigenvalue weighted by atomic mass is 10.1. The number of hydrogen-bond acceptors (Lipinski definition) is 4. The molecule has 2 amide bonds. The smallest absolute Gasteiger partial charge is 0.315 e. The van der Waals surface area contributed by atoms with Crippen LogP contribution in [0.4, 0.5) is 4.79 Å². The van der Waals surface area contributed by atoms with Gasteiger partial charge in [-0.15, -0.1) is 0 Å². The van der Waals surface area contributed by atoms with Gasteiger partial charge in [0.15, 0.2) is 17.6 Å². The van der Waals surface area contributed by atoms with Crippen molar-refractivity contribution in [2.45, 2.75) is 33.0 Å². The van der Waals surface area contributed by atoms with Crippen LogP contribution in [0.5, 0.6) is 11.5 Å². The van der Waals surface area contributed by atoms with Crippen LogP contribution in [0.1, 0.15) is 25.0 Å². The van der Waals surface area contributed by atoms with Crippen LogP contribution in [0.2, 0.25) is 0 Å². The highest BCUT2D eigenvalue weighted by atomic mass is 16.6.